The predicted molar refractivity (Wildman–Crippen MR) is 95.9 cm³/mol. The van der Waals surface area contributed by atoms with Crippen LogP contribution in [0.5, 0.6) is 0 Å². The van der Waals surface area contributed by atoms with Gasteiger partial charge in [0.25, 0.3) is 0 Å². The molecule has 2 aromatic rings. The van der Waals surface area contributed by atoms with Gasteiger partial charge in [0, 0.05) is 51.4 Å². The van der Waals surface area contributed by atoms with Crippen LogP contribution >= 0.6 is 11.3 Å². The number of amides is 1. The van der Waals surface area contributed by atoms with Gasteiger partial charge in [-0.2, -0.15) is 11.3 Å². The molecule has 0 aromatic carbocycles. The molecule has 4 heterocycles. The zero-order chi connectivity index (χ0) is 16.6. The van der Waals surface area contributed by atoms with E-state index < -0.39 is 0 Å². The lowest BCUT2D eigenvalue weighted by Gasteiger charge is -2.46. The first kappa shape index (κ1) is 15.8. The van der Waals surface area contributed by atoms with Crippen molar-refractivity contribution in [2.24, 2.45) is 0 Å². The molecule has 2 aromatic heterocycles. The van der Waals surface area contributed by atoms with Crippen LogP contribution in [0.3, 0.4) is 0 Å². The Morgan fingerprint density at radius 1 is 1.25 bits per heavy atom. The SMILES string of the molecule is CN1C(=O)C[C@H](c2ccncc2)C12CCN(Cc1ccsc1)CC2. The van der Waals surface area contributed by atoms with Gasteiger partial charge in [0.05, 0.1) is 5.54 Å². The molecule has 2 aliphatic rings. The number of hydrogen-bond donors (Lipinski definition) is 0. The number of rotatable bonds is 3. The first-order valence-corrected chi connectivity index (χ1v) is 9.53. The van der Waals surface area contributed by atoms with E-state index in [0.717, 1.165) is 32.5 Å². The normalized spacial score (nSPS) is 24.0. The minimum atomic E-state index is -0.0242. The van der Waals surface area contributed by atoms with E-state index in [4.69, 9.17) is 0 Å². The van der Waals surface area contributed by atoms with Crippen molar-refractivity contribution < 1.29 is 4.79 Å². The number of aromatic nitrogens is 1. The van der Waals surface area contributed by atoms with Crippen molar-refractivity contribution >= 4 is 17.2 Å². The van der Waals surface area contributed by atoms with Crippen LogP contribution in [-0.4, -0.2) is 46.4 Å². The Bertz CT molecular complexity index is 693. The monoisotopic (exact) mass is 341 g/mol. The molecule has 0 aliphatic carbocycles. The fraction of sp³-hybridized carbons (Fsp3) is 0.474. The molecule has 2 aliphatic heterocycles. The van der Waals surface area contributed by atoms with Gasteiger partial charge >= 0.3 is 0 Å². The Labute approximate surface area is 147 Å². The summed E-state index contributed by atoms with van der Waals surface area (Å²) in [5.41, 5.74) is 2.63. The average molecular weight is 341 g/mol. The van der Waals surface area contributed by atoms with Crippen molar-refractivity contribution in [2.45, 2.75) is 37.3 Å². The van der Waals surface area contributed by atoms with Crippen LogP contribution in [0.4, 0.5) is 0 Å². The molecule has 4 nitrogen and oxygen atoms in total. The van der Waals surface area contributed by atoms with E-state index >= 15 is 0 Å². The van der Waals surface area contributed by atoms with Crippen molar-refractivity contribution in [2.75, 3.05) is 20.1 Å². The van der Waals surface area contributed by atoms with Crippen LogP contribution in [-0.2, 0) is 11.3 Å². The van der Waals surface area contributed by atoms with E-state index in [9.17, 15) is 4.79 Å². The van der Waals surface area contributed by atoms with E-state index in [2.05, 4.69) is 38.8 Å². The highest BCUT2D eigenvalue weighted by molar-refractivity contribution is 7.07. The van der Waals surface area contributed by atoms with Crippen LogP contribution in [0.25, 0.3) is 0 Å². The van der Waals surface area contributed by atoms with Gasteiger partial charge in [0.2, 0.25) is 5.91 Å². The molecule has 24 heavy (non-hydrogen) atoms. The third-order valence-corrected chi connectivity index (χ3v) is 6.62. The molecule has 0 N–H and O–H groups in total. The topological polar surface area (TPSA) is 36.4 Å². The zero-order valence-electron chi connectivity index (χ0n) is 14.0. The summed E-state index contributed by atoms with van der Waals surface area (Å²) in [6, 6.07) is 6.37. The van der Waals surface area contributed by atoms with E-state index in [1.165, 1.54) is 11.1 Å². The summed E-state index contributed by atoms with van der Waals surface area (Å²) in [5.74, 6) is 0.574. The summed E-state index contributed by atoms with van der Waals surface area (Å²) in [7, 11) is 2.00. The molecular formula is C19H23N3OS. The van der Waals surface area contributed by atoms with Crippen LogP contribution in [0.15, 0.2) is 41.4 Å². The molecule has 2 saturated heterocycles. The number of piperidine rings is 1. The Hall–Kier alpha value is -1.72. The highest BCUT2D eigenvalue weighted by Crippen LogP contribution is 2.48. The van der Waals surface area contributed by atoms with Crippen molar-refractivity contribution in [1.82, 2.24) is 14.8 Å². The average Bonchev–Trinajstić information content (AvgIpc) is 3.21. The fourth-order valence-corrected chi connectivity index (χ4v) is 5.09. The van der Waals surface area contributed by atoms with E-state index in [0.29, 0.717) is 12.3 Å². The molecule has 126 valence electrons. The van der Waals surface area contributed by atoms with Crippen LogP contribution in [0, 0.1) is 0 Å². The second-order valence-corrected chi connectivity index (χ2v) is 7.78. The summed E-state index contributed by atoms with van der Waals surface area (Å²) >= 11 is 1.76. The maximum absolute atomic E-state index is 12.5. The molecule has 1 spiro atoms. The lowest BCUT2D eigenvalue weighted by Crippen LogP contribution is -2.53. The first-order valence-electron chi connectivity index (χ1n) is 8.59. The number of thiophene rings is 1. The molecule has 2 fully saturated rings. The van der Waals surface area contributed by atoms with E-state index in [-0.39, 0.29) is 11.4 Å². The quantitative estimate of drug-likeness (QED) is 0.861. The van der Waals surface area contributed by atoms with Gasteiger partial charge in [0.1, 0.15) is 0 Å². The van der Waals surface area contributed by atoms with Gasteiger partial charge in [-0.3, -0.25) is 14.7 Å². The second kappa shape index (κ2) is 6.30. The minimum Gasteiger partial charge on any atom is -0.339 e. The largest absolute Gasteiger partial charge is 0.339 e. The molecule has 1 amide bonds. The molecule has 0 bridgehead atoms. The maximum Gasteiger partial charge on any atom is 0.223 e. The van der Waals surface area contributed by atoms with Gasteiger partial charge in [-0.1, -0.05) is 0 Å². The van der Waals surface area contributed by atoms with Crippen molar-refractivity contribution in [3.05, 3.63) is 52.5 Å². The Morgan fingerprint density at radius 2 is 2.00 bits per heavy atom. The Kier molecular flexibility index (Phi) is 4.14. The number of carbonyl (C=O) groups is 1. The van der Waals surface area contributed by atoms with Gasteiger partial charge in [-0.05, 0) is 52.9 Å². The number of hydrogen-bond acceptors (Lipinski definition) is 4. The van der Waals surface area contributed by atoms with Gasteiger partial charge in [0.15, 0.2) is 0 Å². The smallest absolute Gasteiger partial charge is 0.223 e. The molecule has 0 unspecified atom stereocenters. The highest BCUT2D eigenvalue weighted by Gasteiger charge is 2.52. The number of pyridine rings is 1. The van der Waals surface area contributed by atoms with Crippen molar-refractivity contribution in [3.8, 4) is 0 Å². The van der Waals surface area contributed by atoms with Gasteiger partial charge < -0.3 is 4.90 Å². The lowest BCUT2D eigenvalue weighted by molar-refractivity contribution is -0.130. The molecule has 0 radical (unpaired) electrons. The summed E-state index contributed by atoms with van der Waals surface area (Å²) < 4.78 is 0. The maximum atomic E-state index is 12.5. The number of nitrogens with zero attached hydrogens (tertiary/aromatic N) is 3. The summed E-state index contributed by atoms with van der Waals surface area (Å²) in [4.78, 5) is 21.2. The number of likely N-dealkylation sites (tertiary alicyclic amines) is 2. The van der Waals surface area contributed by atoms with Crippen molar-refractivity contribution in [1.29, 1.82) is 0 Å². The summed E-state index contributed by atoms with van der Waals surface area (Å²) in [6.45, 7) is 3.13. The fourth-order valence-electron chi connectivity index (χ4n) is 4.43. The van der Waals surface area contributed by atoms with E-state index in [1.807, 2.05) is 24.3 Å². The second-order valence-electron chi connectivity index (χ2n) is 7.00. The molecule has 0 saturated carbocycles. The molecule has 5 heteroatoms. The zero-order valence-corrected chi connectivity index (χ0v) is 14.8. The standard InChI is InChI=1S/C19H23N3OS/c1-21-18(23)12-17(16-2-7-20-8-3-16)19(21)5-9-22(10-6-19)13-15-4-11-24-14-15/h2-4,7-8,11,14,17H,5-6,9-10,12-13H2,1H3/t17-/m1/s1. The summed E-state index contributed by atoms with van der Waals surface area (Å²) in [6.07, 6.45) is 6.42. The predicted octanol–water partition coefficient (Wildman–Crippen LogP) is 3.12. The van der Waals surface area contributed by atoms with Crippen molar-refractivity contribution in [3.63, 3.8) is 0 Å². The molecular weight excluding hydrogens is 318 g/mol. The summed E-state index contributed by atoms with van der Waals surface area (Å²) in [5, 5.41) is 4.37. The van der Waals surface area contributed by atoms with Crippen LogP contribution in [0.2, 0.25) is 0 Å². The van der Waals surface area contributed by atoms with Gasteiger partial charge in [-0.15, -0.1) is 0 Å². The Morgan fingerprint density at radius 3 is 2.67 bits per heavy atom. The minimum absolute atomic E-state index is 0.0242. The Balaban J connectivity index is 1.53. The molecule has 1 atom stereocenters. The molecule has 4 rings (SSSR count). The number of carbonyl (C=O) groups excluding carboxylic acids is 1. The van der Waals surface area contributed by atoms with Crippen LogP contribution < -0.4 is 0 Å². The number of likely N-dealkylation sites (N-methyl/N-ethyl adjacent to an activating group) is 1. The lowest BCUT2D eigenvalue weighted by atomic mass is 9.74. The first-order chi connectivity index (χ1) is 11.7. The highest BCUT2D eigenvalue weighted by atomic mass is 32.1. The third kappa shape index (κ3) is 2.66. The third-order valence-electron chi connectivity index (χ3n) is 5.89. The van der Waals surface area contributed by atoms with E-state index in [1.54, 1.807) is 11.3 Å². The van der Waals surface area contributed by atoms with Crippen LogP contribution in [0.1, 0.15) is 36.3 Å². The van der Waals surface area contributed by atoms with Gasteiger partial charge in [-0.25, -0.2) is 0 Å².